The number of carbonyl (C=O) groups is 1. The van der Waals surface area contributed by atoms with Crippen molar-refractivity contribution < 1.29 is 22.3 Å². The molecule has 2 N–H and O–H groups in total. The summed E-state index contributed by atoms with van der Waals surface area (Å²) in [7, 11) is -4.15. The van der Waals surface area contributed by atoms with Gasteiger partial charge in [0.25, 0.3) is 10.0 Å². The summed E-state index contributed by atoms with van der Waals surface area (Å²) in [5.74, 6) is -2.79. The van der Waals surface area contributed by atoms with Gasteiger partial charge in [0, 0.05) is 11.1 Å². The number of rotatable bonds is 4. The standard InChI is InChI=1S/C16H10Cl2FN3O4S/c17-9-4-6-10(7-5-9)27(24,25)22-13(20)8-14(21-22)26-16(23)15-11(18)2-1-3-12(15)19/h1-8H,20H2. The maximum atomic E-state index is 13.8. The van der Waals surface area contributed by atoms with Gasteiger partial charge in [-0.15, -0.1) is 9.19 Å². The third-order valence-corrected chi connectivity index (χ3v) is 5.57. The number of esters is 1. The number of ether oxygens (including phenoxy) is 1. The first-order valence-corrected chi connectivity index (χ1v) is 9.42. The van der Waals surface area contributed by atoms with E-state index in [0.29, 0.717) is 9.11 Å². The SMILES string of the molecule is Nc1cc(OC(=O)c2c(F)cccc2Cl)nn1S(=O)(=O)c1ccc(Cl)cc1. The maximum absolute atomic E-state index is 13.8. The van der Waals surface area contributed by atoms with Crippen LogP contribution in [0.1, 0.15) is 10.4 Å². The highest BCUT2D eigenvalue weighted by Crippen LogP contribution is 2.25. The Kier molecular flexibility index (Phi) is 5.09. The number of nitrogens with zero attached hydrogens (tertiary/aromatic N) is 2. The summed E-state index contributed by atoms with van der Waals surface area (Å²) in [5.41, 5.74) is 5.17. The molecule has 0 saturated carbocycles. The Morgan fingerprint density at radius 1 is 1.15 bits per heavy atom. The molecule has 0 fully saturated rings. The second-order valence-corrected chi connectivity index (χ2v) is 7.81. The molecule has 1 heterocycles. The third kappa shape index (κ3) is 3.75. The first kappa shape index (κ1) is 19.2. The normalized spacial score (nSPS) is 11.4. The van der Waals surface area contributed by atoms with Crippen LogP contribution in [0.5, 0.6) is 5.88 Å². The van der Waals surface area contributed by atoms with Gasteiger partial charge in [0.2, 0.25) is 5.88 Å². The van der Waals surface area contributed by atoms with E-state index in [1.807, 2.05) is 0 Å². The number of halogens is 3. The molecule has 140 valence electrons. The van der Waals surface area contributed by atoms with Gasteiger partial charge in [-0.25, -0.2) is 9.18 Å². The Bertz CT molecular complexity index is 1110. The summed E-state index contributed by atoms with van der Waals surface area (Å²) in [4.78, 5) is 12.0. The van der Waals surface area contributed by atoms with Gasteiger partial charge in [-0.1, -0.05) is 29.3 Å². The van der Waals surface area contributed by atoms with Gasteiger partial charge in [-0.05, 0) is 36.4 Å². The first-order chi connectivity index (χ1) is 12.7. The molecule has 0 spiro atoms. The molecule has 7 nitrogen and oxygen atoms in total. The topological polar surface area (TPSA) is 104 Å². The molecule has 0 bridgehead atoms. The molecule has 0 atom stereocenters. The average molecular weight is 430 g/mol. The largest absolute Gasteiger partial charge is 0.402 e. The summed E-state index contributed by atoms with van der Waals surface area (Å²) in [6.45, 7) is 0. The van der Waals surface area contributed by atoms with Crippen molar-refractivity contribution in [3.63, 3.8) is 0 Å². The van der Waals surface area contributed by atoms with Crippen LogP contribution in [-0.4, -0.2) is 23.6 Å². The van der Waals surface area contributed by atoms with E-state index < -0.39 is 33.3 Å². The number of anilines is 1. The van der Waals surface area contributed by atoms with E-state index in [1.165, 1.54) is 36.4 Å². The maximum Gasteiger partial charge on any atom is 0.349 e. The molecule has 11 heteroatoms. The van der Waals surface area contributed by atoms with Gasteiger partial charge >= 0.3 is 5.97 Å². The minimum absolute atomic E-state index is 0.128. The Morgan fingerprint density at radius 2 is 1.81 bits per heavy atom. The predicted molar refractivity (Wildman–Crippen MR) is 97.0 cm³/mol. The predicted octanol–water partition coefficient (Wildman–Crippen LogP) is 3.37. The second kappa shape index (κ2) is 7.18. The van der Waals surface area contributed by atoms with Gasteiger partial charge in [0.1, 0.15) is 17.2 Å². The van der Waals surface area contributed by atoms with E-state index in [4.69, 9.17) is 33.7 Å². The lowest BCUT2D eigenvalue weighted by molar-refractivity contribution is 0.0722. The molecule has 0 amide bonds. The van der Waals surface area contributed by atoms with Crippen LogP contribution in [0, 0.1) is 5.82 Å². The van der Waals surface area contributed by atoms with Crippen molar-refractivity contribution in [3.8, 4) is 5.88 Å². The van der Waals surface area contributed by atoms with E-state index in [2.05, 4.69) is 5.10 Å². The van der Waals surface area contributed by atoms with Crippen LogP contribution in [0.2, 0.25) is 10.0 Å². The van der Waals surface area contributed by atoms with Crippen LogP contribution < -0.4 is 10.5 Å². The van der Waals surface area contributed by atoms with Crippen LogP contribution in [-0.2, 0) is 10.0 Å². The molecule has 0 radical (unpaired) electrons. The zero-order valence-corrected chi connectivity index (χ0v) is 15.6. The lowest BCUT2D eigenvalue weighted by Crippen LogP contribution is -2.17. The highest BCUT2D eigenvalue weighted by Gasteiger charge is 2.24. The first-order valence-electron chi connectivity index (χ1n) is 7.23. The Balaban J connectivity index is 1.93. The molecule has 3 rings (SSSR count). The van der Waals surface area contributed by atoms with Crippen molar-refractivity contribution in [2.24, 2.45) is 0 Å². The molecule has 0 aliphatic heterocycles. The van der Waals surface area contributed by atoms with Crippen molar-refractivity contribution >= 4 is 45.0 Å². The van der Waals surface area contributed by atoms with Gasteiger partial charge in [0.15, 0.2) is 0 Å². The molecular weight excluding hydrogens is 420 g/mol. The van der Waals surface area contributed by atoms with E-state index in [1.54, 1.807) is 0 Å². The van der Waals surface area contributed by atoms with Crippen LogP contribution >= 0.6 is 23.2 Å². The molecule has 0 aliphatic carbocycles. The fourth-order valence-electron chi connectivity index (χ4n) is 2.15. The third-order valence-electron chi connectivity index (χ3n) is 3.38. The smallest absolute Gasteiger partial charge is 0.349 e. The van der Waals surface area contributed by atoms with Crippen LogP contribution in [0.4, 0.5) is 10.2 Å². The summed E-state index contributed by atoms with van der Waals surface area (Å²) >= 11 is 11.5. The number of hydrogen-bond donors (Lipinski definition) is 1. The highest BCUT2D eigenvalue weighted by atomic mass is 35.5. The number of nitrogens with two attached hydrogens (primary N) is 1. The summed E-state index contributed by atoms with van der Waals surface area (Å²) in [5, 5.41) is 3.85. The summed E-state index contributed by atoms with van der Waals surface area (Å²) in [6, 6.07) is 9.97. The molecule has 27 heavy (non-hydrogen) atoms. The molecule has 1 aromatic heterocycles. The van der Waals surface area contributed by atoms with Gasteiger partial charge in [-0.2, -0.15) is 8.42 Å². The summed E-state index contributed by atoms with van der Waals surface area (Å²) in [6.07, 6.45) is 0. The minimum atomic E-state index is -4.15. The Hall–Kier alpha value is -2.62. The van der Waals surface area contributed by atoms with Gasteiger partial charge in [-0.3, -0.25) is 0 Å². The molecular formula is C16H10Cl2FN3O4S. The molecule has 3 aromatic rings. The second-order valence-electron chi connectivity index (χ2n) is 5.20. The molecule has 0 aliphatic rings. The lowest BCUT2D eigenvalue weighted by Gasteiger charge is -2.06. The van der Waals surface area contributed by atoms with E-state index >= 15 is 0 Å². The van der Waals surface area contributed by atoms with Crippen molar-refractivity contribution in [1.82, 2.24) is 9.19 Å². The van der Waals surface area contributed by atoms with Crippen molar-refractivity contribution in [3.05, 3.63) is 70.0 Å². The highest BCUT2D eigenvalue weighted by molar-refractivity contribution is 7.90. The van der Waals surface area contributed by atoms with Crippen molar-refractivity contribution in [1.29, 1.82) is 0 Å². The van der Waals surface area contributed by atoms with Gasteiger partial charge < -0.3 is 10.5 Å². The summed E-state index contributed by atoms with van der Waals surface area (Å²) < 4.78 is 44.4. The zero-order valence-electron chi connectivity index (χ0n) is 13.3. The van der Waals surface area contributed by atoms with Crippen molar-refractivity contribution in [2.75, 3.05) is 5.73 Å². The zero-order chi connectivity index (χ0) is 19.8. The lowest BCUT2D eigenvalue weighted by atomic mass is 10.2. The van der Waals surface area contributed by atoms with E-state index in [-0.39, 0.29) is 15.7 Å². The van der Waals surface area contributed by atoms with Crippen LogP contribution in [0.15, 0.2) is 53.4 Å². The Morgan fingerprint density at radius 3 is 2.44 bits per heavy atom. The molecule has 0 saturated heterocycles. The van der Waals surface area contributed by atoms with Gasteiger partial charge in [0.05, 0.1) is 9.92 Å². The quantitative estimate of drug-likeness (QED) is 0.637. The van der Waals surface area contributed by atoms with E-state index in [0.717, 1.165) is 12.1 Å². The minimum Gasteiger partial charge on any atom is -0.402 e. The number of aromatic nitrogens is 2. The van der Waals surface area contributed by atoms with E-state index in [9.17, 15) is 17.6 Å². The fourth-order valence-corrected chi connectivity index (χ4v) is 3.71. The monoisotopic (exact) mass is 429 g/mol. The number of nitrogen functional groups attached to an aromatic ring is 1. The number of carbonyl (C=O) groups excluding carboxylic acids is 1. The fraction of sp³-hybridized carbons (Fsp3) is 0. The van der Waals surface area contributed by atoms with Crippen LogP contribution in [0.3, 0.4) is 0 Å². The number of hydrogen-bond acceptors (Lipinski definition) is 6. The molecule has 0 unspecified atom stereocenters. The van der Waals surface area contributed by atoms with Crippen LogP contribution in [0.25, 0.3) is 0 Å². The molecule has 2 aromatic carbocycles. The Labute approximate surface area is 163 Å². The number of benzene rings is 2. The average Bonchev–Trinajstić information content (AvgIpc) is 2.96. The van der Waals surface area contributed by atoms with Crippen molar-refractivity contribution in [2.45, 2.75) is 4.90 Å².